The molecular weight excluding hydrogens is 450 g/mol. The molecule has 0 saturated heterocycles. The second kappa shape index (κ2) is 10.0. The summed E-state index contributed by atoms with van der Waals surface area (Å²) in [6, 6.07) is 20.9. The van der Waals surface area contributed by atoms with E-state index in [4.69, 9.17) is 0 Å². The third-order valence-corrected chi connectivity index (χ3v) is 7.02. The number of hydrogen-bond donors (Lipinski definition) is 2. The quantitative estimate of drug-likeness (QED) is 0.482. The van der Waals surface area contributed by atoms with E-state index in [-0.39, 0.29) is 10.5 Å². The maximum atomic E-state index is 13.0. The highest BCUT2D eigenvalue weighted by Crippen LogP contribution is 2.29. The van der Waals surface area contributed by atoms with Crippen molar-refractivity contribution in [2.24, 2.45) is 10.9 Å². The lowest BCUT2D eigenvalue weighted by atomic mass is 9.94. The number of carbonyl (C=O) groups excluding carboxylic acids is 2. The summed E-state index contributed by atoms with van der Waals surface area (Å²) in [6.45, 7) is 2.39. The number of fused-ring (bicyclic) bond motifs is 1. The largest absolute Gasteiger partial charge is 0.355 e. The number of rotatable bonds is 8. The topological polar surface area (TPSA) is 105 Å². The van der Waals surface area contributed by atoms with Crippen molar-refractivity contribution in [2.45, 2.75) is 24.7 Å². The number of hydrogen-bond acceptors (Lipinski definition) is 5. The number of amides is 1. The van der Waals surface area contributed by atoms with E-state index in [0.717, 1.165) is 17.5 Å². The van der Waals surface area contributed by atoms with Crippen LogP contribution >= 0.6 is 0 Å². The minimum Gasteiger partial charge on any atom is -0.355 e. The third kappa shape index (κ3) is 5.23. The van der Waals surface area contributed by atoms with Crippen LogP contribution in [0, 0.1) is 5.92 Å². The van der Waals surface area contributed by atoms with Crippen molar-refractivity contribution in [3.05, 3.63) is 89.5 Å². The number of Topliss-reactive ketones (excluding diaryl/α,β-unsaturated/α-hetero) is 1. The fraction of sp³-hybridized carbons (Fsp3) is 0.192. The Morgan fingerprint density at radius 1 is 0.971 bits per heavy atom. The molecule has 4 rings (SSSR count). The van der Waals surface area contributed by atoms with Crippen LogP contribution in [0.2, 0.25) is 0 Å². The molecule has 0 aromatic heterocycles. The summed E-state index contributed by atoms with van der Waals surface area (Å²) in [4.78, 5) is 29.8. The molecule has 0 radical (unpaired) electrons. The average Bonchev–Trinajstić information content (AvgIpc) is 2.85. The van der Waals surface area contributed by atoms with Gasteiger partial charge in [0.1, 0.15) is 5.92 Å². The van der Waals surface area contributed by atoms with Gasteiger partial charge in [0, 0.05) is 24.0 Å². The zero-order valence-corrected chi connectivity index (χ0v) is 19.5. The first-order valence-electron chi connectivity index (χ1n) is 11.0. The molecule has 174 valence electrons. The van der Waals surface area contributed by atoms with E-state index >= 15 is 0 Å². The summed E-state index contributed by atoms with van der Waals surface area (Å²) in [7, 11) is -3.93. The smallest absolute Gasteiger partial charge is 0.261 e. The molecule has 1 atom stereocenters. The van der Waals surface area contributed by atoms with Crippen molar-refractivity contribution < 1.29 is 18.0 Å². The van der Waals surface area contributed by atoms with Gasteiger partial charge in [0.15, 0.2) is 5.78 Å². The van der Waals surface area contributed by atoms with Crippen molar-refractivity contribution in [3.63, 3.8) is 0 Å². The van der Waals surface area contributed by atoms with Gasteiger partial charge in [-0.05, 0) is 54.3 Å². The van der Waals surface area contributed by atoms with Crippen LogP contribution in [0.15, 0.2) is 82.7 Å². The number of aliphatic imine (C=N–C) groups is 1. The molecule has 1 aliphatic rings. The van der Waals surface area contributed by atoms with Gasteiger partial charge in [0.05, 0.1) is 10.6 Å². The van der Waals surface area contributed by atoms with Gasteiger partial charge in [0.2, 0.25) is 5.91 Å². The lowest BCUT2D eigenvalue weighted by Gasteiger charge is -2.18. The summed E-state index contributed by atoms with van der Waals surface area (Å²) in [5.41, 5.74) is 3.03. The number of anilines is 1. The average molecular weight is 476 g/mol. The monoisotopic (exact) mass is 475 g/mol. The highest BCUT2D eigenvalue weighted by atomic mass is 32.2. The Balaban J connectivity index is 1.47. The van der Waals surface area contributed by atoms with Gasteiger partial charge in [-0.25, -0.2) is 8.42 Å². The molecule has 1 unspecified atom stereocenters. The lowest BCUT2D eigenvalue weighted by molar-refractivity contribution is -0.121. The molecule has 1 aliphatic heterocycles. The van der Waals surface area contributed by atoms with E-state index in [9.17, 15) is 18.0 Å². The standard InChI is InChI=1S/C26H25N3O4S/c1-2-18-8-10-20(11-9-18)29-34(32,33)21-12-13-24-22(16-21)25(30)23(17-28-24)26(31)27-15-14-19-6-4-3-5-7-19/h3-13,16-17,23,29H,2,14-15H2,1H3,(H,27,31). The minimum absolute atomic E-state index is 0.0699. The Kier molecular flexibility index (Phi) is 6.88. The molecule has 34 heavy (non-hydrogen) atoms. The second-order valence-electron chi connectivity index (χ2n) is 7.98. The second-order valence-corrected chi connectivity index (χ2v) is 9.66. The zero-order valence-electron chi connectivity index (χ0n) is 18.7. The predicted octanol–water partition coefficient (Wildman–Crippen LogP) is 3.92. The van der Waals surface area contributed by atoms with E-state index in [1.165, 1.54) is 24.4 Å². The van der Waals surface area contributed by atoms with E-state index in [0.29, 0.717) is 24.3 Å². The van der Waals surface area contributed by atoms with Gasteiger partial charge in [-0.2, -0.15) is 0 Å². The molecule has 0 spiro atoms. The Morgan fingerprint density at radius 2 is 1.71 bits per heavy atom. The number of aryl methyl sites for hydroxylation is 1. The molecule has 2 N–H and O–H groups in total. The van der Waals surface area contributed by atoms with Gasteiger partial charge in [-0.1, -0.05) is 49.4 Å². The van der Waals surface area contributed by atoms with Crippen molar-refractivity contribution in [1.29, 1.82) is 0 Å². The highest BCUT2D eigenvalue weighted by molar-refractivity contribution is 7.92. The van der Waals surface area contributed by atoms with Gasteiger partial charge >= 0.3 is 0 Å². The van der Waals surface area contributed by atoms with Gasteiger partial charge in [-0.3, -0.25) is 19.3 Å². The third-order valence-electron chi connectivity index (χ3n) is 5.64. The molecule has 0 fully saturated rings. The lowest BCUT2D eigenvalue weighted by Crippen LogP contribution is -2.38. The Labute approximate surface area is 199 Å². The molecule has 8 heteroatoms. The van der Waals surface area contributed by atoms with Crippen LogP contribution in [0.3, 0.4) is 0 Å². The summed E-state index contributed by atoms with van der Waals surface area (Å²) in [5, 5.41) is 2.77. The SMILES string of the molecule is CCc1ccc(NS(=O)(=O)c2ccc3c(c2)C(=O)C(C(=O)NCCc2ccccc2)C=N3)cc1. The van der Waals surface area contributed by atoms with Crippen molar-refractivity contribution in [2.75, 3.05) is 11.3 Å². The maximum absolute atomic E-state index is 13.0. The molecule has 3 aromatic rings. The van der Waals surface area contributed by atoms with Crippen LogP contribution in [0.1, 0.15) is 28.4 Å². The first kappa shape index (κ1) is 23.4. The van der Waals surface area contributed by atoms with Gasteiger partial charge < -0.3 is 5.32 Å². The van der Waals surface area contributed by atoms with Crippen LogP contribution in [-0.2, 0) is 27.7 Å². The molecule has 1 heterocycles. The zero-order chi connectivity index (χ0) is 24.1. The van der Waals surface area contributed by atoms with Crippen LogP contribution in [0.25, 0.3) is 0 Å². The minimum atomic E-state index is -3.93. The van der Waals surface area contributed by atoms with Crippen LogP contribution in [0.5, 0.6) is 0 Å². The summed E-state index contributed by atoms with van der Waals surface area (Å²) >= 11 is 0. The molecule has 3 aromatic carbocycles. The van der Waals surface area contributed by atoms with E-state index < -0.39 is 27.6 Å². The van der Waals surface area contributed by atoms with E-state index in [1.54, 1.807) is 12.1 Å². The molecular formula is C26H25N3O4S. The molecule has 1 amide bonds. The fourth-order valence-electron chi connectivity index (χ4n) is 3.68. The number of benzene rings is 3. The highest BCUT2D eigenvalue weighted by Gasteiger charge is 2.31. The Bertz CT molecular complexity index is 1330. The van der Waals surface area contributed by atoms with Gasteiger partial charge in [0.25, 0.3) is 10.0 Å². The van der Waals surface area contributed by atoms with Crippen molar-refractivity contribution in [1.82, 2.24) is 5.32 Å². The Morgan fingerprint density at radius 3 is 2.41 bits per heavy atom. The van der Waals surface area contributed by atoms with Crippen LogP contribution in [0.4, 0.5) is 11.4 Å². The first-order chi connectivity index (χ1) is 16.4. The van der Waals surface area contributed by atoms with E-state index in [2.05, 4.69) is 15.0 Å². The number of sulfonamides is 1. The molecule has 7 nitrogen and oxygen atoms in total. The van der Waals surface area contributed by atoms with Crippen LogP contribution < -0.4 is 10.0 Å². The van der Waals surface area contributed by atoms with Crippen molar-refractivity contribution >= 4 is 39.3 Å². The number of nitrogens with one attached hydrogen (secondary N) is 2. The Hall–Kier alpha value is -3.78. The summed E-state index contributed by atoms with van der Waals surface area (Å²) in [5.74, 6) is -2.04. The summed E-state index contributed by atoms with van der Waals surface area (Å²) < 4.78 is 28.3. The maximum Gasteiger partial charge on any atom is 0.261 e. The van der Waals surface area contributed by atoms with Gasteiger partial charge in [-0.15, -0.1) is 0 Å². The van der Waals surface area contributed by atoms with E-state index in [1.807, 2.05) is 49.4 Å². The molecule has 0 saturated carbocycles. The number of nitrogens with zero attached hydrogens (tertiary/aromatic N) is 1. The number of carbonyl (C=O) groups is 2. The first-order valence-corrected chi connectivity index (χ1v) is 12.5. The number of ketones is 1. The fourth-order valence-corrected chi connectivity index (χ4v) is 4.76. The molecule has 0 bridgehead atoms. The summed E-state index contributed by atoms with van der Waals surface area (Å²) in [6.07, 6.45) is 2.79. The van der Waals surface area contributed by atoms with Crippen LogP contribution in [-0.4, -0.2) is 32.9 Å². The van der Waals surface area contributed by atoms with Crippen molar-refractivity contribution in [3.8, 4) is 0 Å². The predicted molar refractivity (Wildman–Crippen MR) is 132 cm³/mol. The molecule has 0 aliphatic carbocycles. The normalized spacial score (nSPS) is 15.0.